The predicted octanol–water partition coefficient (Wildman–Crippen LogP) is 2.59. The molecule has 1 aliphatic carbocycles. The fraction of sp³-hybridized carbons (Fsp3) is 0.333. The Balaban J connectivity index is 2.16. The van der Waals surface area contributed by atoms with Gasteiger partial charge in [-0.1, -0.05) is 42.5 Å². The van der Waals surface area contributed by atoms with E-state index in [1.54, 1.807) is 0 Å². The molecule has 0 amide bonds. The van der Waals surface area contributed by atoms with E-state index in [0.717, 1.165) is 12.8 Å². The summed E-state index contributed by atoms with van der Waals surface area (Å²) in [6.07, 6.45) is 2.23. The van der Waals surface area contributed by atoms with Crippen LogP contribution in [0, 0.1) is 0 Å². The molecule has 1 atom stereocenters. The van der Waals surface area contributed by atoms with Gasteiger partial charge in [0.15, 0.2) is 0 Å². The van der Waals surface area contributed by atoms with Crippen molar-refractivity contribution in [3.05, 3.63) is 48.0 Å². The summed E-state index contributed by atoms with van der Waals surface area (Å²) in [7, 11) is 2.00. The minimum absolute atomic E-state index is 0.0428. The molecule has 3 rings (SSSR count). The molecule has 17 heavy (non-hydrogen) atoms. The third-order valence-corrected chi connectivity index (χ3v) is 3.83. The number of benzene rings is 2. The molecule has 88 valence electrons. The van der Waals surface area contributed by atoms with E-state index >= 15 is 0 Å². The number of rotatable bonds is 3. The summed E-state index contributed by atoms with van der Waals surface area (Å²) in [6, 6.07) is 15.2. The summed E-state index contributed by atoms with van der Waals surface area (Å²) in [5.74, 6) is 0. The second kappa shape index (κ2) is 3.83. The lowest BCUT2D eigenvalue weighted by molar-refractivity contribution is 0.464. The Kier molecular flexibility index (Phi) is 2.42. The van der Waals surface area contributed by atoms with E-state index in [2.05, 4.69) is 47.8 Å². The fourth-order valence-corrected chi connectivity index (χ4v) is 2.69. The molecule has 0 bridgehead atoms. The van der Waals surface area contributed by atoms with Gasteiger partial charge in [-0.15, -0.1) is 0 Å². The maximum absolute atomic E-state index is 6.36. The zero-order valence-corrected chi connectivity index (χ0v) is 10.1. The van der Waals surface area contributed by atoms with Crippen LogP contribution in [0.3, 0.4) is 0 Å². The number of likely N-dealkylation sites (N-methyl/N-ethyl adjacent to an activating group) is 1. The van der Waals surface area contributed by atoms with Crippen molar-refractivity contribution in [2.24, 2.45) is 5.73 Å². The summed E-state index contributed by atoms with van der Waals surface area (Å²) in [4.78, 5) is 0. The molecule has 0 heterocycles. The quantitative estimate of drug-likeness (QED) is 0.844. The van der Waals surface area contributed by atoms with Crippen molar-refractivity contribution in [2.75, 3.05) is 7.05 Å². The normalized spacial score (nSPS) is 19.2. The van der Waals surface area contributed by atoms with Gasteiger partial charge in [-0.05, 0) is 36.2 Å². The van der Waals surface area contributed by atoms with Crippen molar-refractivity contribution in [1.29, 1.82) is 0 Å². The van der Waals surface area contributed by atoms with Gasteiger partial charge in [-0.2, -0.15) is 0 Å². The molecule has 1 fully saturated rings. The second-order valence-electron chi connectivity index (χ2n) is 5.02. The summed E-state index contributed by atoms with van der Waals surface area (Å²) < 4.78 is 0. The topological polar surface area (TPSA) is 38.0 Å². The summed E-state index contributed by atoms with van der Waals surface area (Å²) in [6.45, 7) is 0. The SMILES string of the molecule is CNC(c1cccc2ccccc12)C1(N)CC1. The van der Waals surface area contributed by atoms with Crippen LogP contribution in [0.1, 0.15) is 24.4 Å². The van der Waals surface area contributed by atoms with Crippen molar-refractivity contribution in [1.82, 2.24) is 5.32 Å². The first kappa shape index (κ1) is 10.8. The average molecular weight is 226 g/mol. The first-order valence-electron chi connectivity index (χ1n) is 6.18. The van der Waals surface area contributed by atoms with Crippen LogP contribution < -0.4 is 11.1 Å². The number of hydrogen-bond acceptors (Lipinski definition) is 2. The van der Waals surface area contributed by atoms with Crippen molar-refractivity contribution < 1.29 is 0 Å². The highest BCUT2D eigenvalue weighted by Gasteiger charge is 2.46. The van der Waals surface area contributed by atoms with E-state index in [1.807, 2.05) is 7.05 Å². The highest BCUT2D eigenvalue weighted by atomic mass is 15.0. The first-order valence-corrected chi connectivity index (χ1v) is 6.18. The maximum atomic E-state index is 6.36. The number of nitrogens with one attached hydrogen (secondary N) is 1. The Bertz CT molecular complexity index is 538. The molecule has 0 aromatic heterocycles. The smallest absolute Gasteiger partial charge is 0.0506 e. The molecular formula is C15H18N2. The van der Waals surface area contributed by atoms with Crippen LogP contribution in [0.5, 0.6) is 0 Å². The van der Waals surface area contributed by atoms with Crippen LogP contribution in [0.25, 0.3) is 10.8 Å². The molecule has 2 nitrogen and oxygen atoms in total. The standard InChI is InChI=1S/C15H18N2/c1-17-14(15(16)9-10-15)13-8-4-6-11-5-2-3-7-12(11)13/h2-8,14,17H,9-10,16H2,1H3. The Morgan fingerprint density at radius 3 is 2.53 bits per heavy atom. The van der Waals surface area contributed by atoms with Crippen LogP contribution in [0.15, 0.2) is 42.5 Å². The van der Waals surface area contributed by atoms with Crippen LogP contribution in [0.4, 0.5) is 0 Å². The van der Waals surface area contributed by atoms with Crippen LogP contribution in [0.2, 0.25) is 0 Å². The van der Waals surface area contributed by atoms with Gasteiger partial charge in [-0.25, -0.2) is 0 Å². The largest absolute Gasteiger partial charge is 0.323 e. The Labute approximate surface area is 102 Å². The molecule has 1 aliphatic rings. The maximum Gasteiger partial charge on any atom is 0.0506 e. The minimum atomic E-state index is -0.0428. The predicted molar refractivity (Wildman–Crippen MR) is 71.9 cm³/mol. The van der Waals surface area contributed by atoms with E-state index < -0.39 is 0 Å². The van der Waals surface area contributed by atoms with E-state index in [-0.39, 0.29) is 11.6 Å². The van der Waals surface area contributed by atoms with Gasteiger partial charge in [0.05, 0.1) is 6.04 Å². The van der Waals surface area contributed by atoms with Crippen LogP contribution in [-0.4, -0.2) is 12.6 Å². The van der Waals surface area contributed by atoms with Gasteiger partial charge in [0.25, 0.3) is 0 Å². The zero-order chi connectivity index (χ0) is 11.9. The molecule has 0 aliphatic heterocycles. The molecule has 3 N–H and O–H groups in total. The van der Waals surface area contributed by atoms with Gasteiger partial charge >= 0.3 is 0 Å². The van der Waals surface area contributed by atoms with Crippen LogP contribution >= 0.6 is 0 Å². The molecule has 0 saturated heterocycles. The van der Waals surface area contributed by atoms with Gasteiger partial charge in [0.2, 0.25) is 0 Å². The first-order chi connectivity index (χ1) is 8.24. The summed E-state index contributed by atoms with van der Waals surface area (Å²) >= 11 is 0. The molecule has 2 heteroatoms. The monoisotopic (exact) mass is 226 g/mol. The highest BCUT2D eigenvalue weighted by molar-refractivity contribution is 5.86. The number of fused-ring (bicyclic) bond motifs is 1. The van der Waals surface area contributed by atoms with Crippen molar-refractivity contribution in [3.8, 4) is 0 Å². The van der Waals surface area contributed by atoms with Gasteiger partial charge in [-0.3, -0.25) is 0 Å². The van der Waals surface area contributed by atoms with Crippen molar-refractivity contribution >= 4 is 10.8 Å². The third kappa shape index (κ3) is 1.74. The highest BCUT2D eigenvalue weighted by Crippen LogP contribution is 2.44. The number of hydrogen-bond donors (Lipinski definition) is 2. The van der Waals surface area contributed by atoms with E-state index in [0.29, 0.717) is 0 Å². The Morgan fingerprint density at radius 1 is 1.12 bits per heavy atom. The minimum Gasteiger partial charge on any atom is -0.323 e. The van der Waals surface area contributed by atoms with E-state index in [1.165, 1.54) is 16.3 Å². The van der Waals surface area contributed by atoms with Gasteiger partial charge in [0, 0.05) is 5.54 Å². The Morgan fingerprint density at radius 2 is 1.82 bits per heavy atom. The molecular weight excluding hydrogens is 208 g/mol. The molecule has 2 aromatic rings. The van der Waals surface area contributed by atoms with Gasteiger partial charge < -0.3 is 11.1 Å². The summed E-state index contributed by atoms with van der Waals surface area (Å²) in [5, 5.41) is 5.99. The molecule has 0 radical (unpaired) electrons. The number of nitrogens with two attached hydrogens (primary N) is 1. The lowest BCUT2D eigenvalue weighted by Crippen LogP contribution is -2.38. The lowest BCUT2D eigenvalue weighted by Gasteiger charge is -2.24. The zero-order valence-electron chi connectivity index (χ0n) is 10.1. The van der Waals surface area contributed by atoms with E-state index in [4.69, 9.17) is 5.73 Å². The Hall–Kier alpha value is -1.38. The second-order valence-corrected chi connectivity index (χ2v) is 5.02. The fourth-order valence-electron chi connectivity index (χ4n) is 2.69. The van der Waals surface area contributed by atoms with Gasteiger partial charge in [0.1, 0.15) is 0 Å². The summed E-state index contributed by atoms with van der Waals surface area (Å²) in [5.41, 5.74) is 7.64. The average Bonchev–Trinajstić information content (AvgIpc) is 3.09. The lowest BCUT2D eigenvalue weighted by atomic mass is 9.93. The molecule has 0 spiro atoms. The van der Waals surface area contributed by atoms with Crippen molar-refractivity contribution in [2.45, 2.75) is 24.4 Å². The van der Waals surface area contributed by atoms with Crippen molar-refractivity contribution in [3.63, 3.8) is 0 Å². The van der Waals surface area contributed by atoms with E-state index in [9.17, 15) is 0 Å². The molecule has 1 unspecified atom stereocenters. The molecule has 2 aromatic carbocycles. The van der Waals surface area contributed by atoms with Crippen LogP contribution in [-0.2, 0) is 0 Å². The third-order valence-electron chi connectivity index (χ3n) is 3.83. The molecule has 1 saturated carbocycles.